The van der Waals surface area contributed by atoms with Crippen LogP contribution in [0.4, 0.5) is 4.39 Å². The highest BCUT2D eigenvalue weighted by Gasteiger charge is 2.31. The smallest absolute Gasteiger partial charge is 0.226 e. The van der Waals surface area contributed by atoms with E-state index in [0.717, 1.165) is 5.56 Å². The van der Waals surface area contributed by atoms with Crippen molar-refractivity contribution in [2.24, 2.45) is 5.92 Å². The molecule has 6 heteroatoms. The highest BCUT2D eigenvalue weighted by molar-refractivity contribution is 5.85. The van der Waals surface area contributed by atoms with Crippen LogP contribution >= 0.6 is 12.4 Å². The van der Waals surface area contributed by atoms with E-state index in [1.165, 1.54) is 12.1 Å². The van der Waals surface area contributed by atoms with Crippen LogP contribution in [0.15, 0.2) is 24.3 Å². The third kappa shape index (κ3) is 4.66. The maximum absolute atomic E-state index is 13.0. The number of halogens is 2. The number of carbonyl (C=O) groups excluding carboxylic acids is 1. The molecule has 4 nitrogen and oxygen atoms in total. The lowest BCUT2D eigenvalue weighted by Crippen LogP contribution is -2.48. The summed E-state index contributed by atoms with van der Waals surface area (Å²) in [5.74, 6) is -0.195. The second-order valence-corrected chi connectivity index (χ2v) is 5.69. The molecule has 1 heterocycles. The number of amides is 1. The van der Waals surface area contributed by atoms with Crippen molar-refractivity contribution in [3.05, 3.63) is 35.6 Å². The van der Waals surface area contributed by atoms with Crippen molar-refractivity contribution in [2.75, 3.05) is 26.7 Å². The van der Waals surface area contributed by atoms with E-state index in [1.54, 1.807) is 12.1 Å². The van der Waals surface area contributed by atoms with Crippen molar-refractivity contribution in [2.45, 2.75) is 26.1 Å². The van der Waals surface area contributed by atoms with Gasteiger partial charge in [-0.2, -0.15) is 0 Å². The lowest BCUT2D eigenvalue weighted by Gasteiger charge is -2.38. The zero-order chi connectivity index (χ0) is 15.4. The number of hydrogen-bond donors (Lipinski definition) is 1. The van der Waals surface area contributed by atoms with Crippen LogP contribution in [0.3, 0.4) is 0 Å². The molecule has 3 unspecified atom stereocenters. The van der Waals surface area contributed by atoms with Gasteiger partial charge in [-0.1, -0.05) is 19.1 Å². The molecule has 1 N–H and O–H groups in total. The van der Waals surface area contributed by atoms with Crippen molar-refractivity contribution < 1.29 is 13.9 Å². The molecule has 1 aliphatic heterocycles. The molecule has 1 fully saturated rings. The van der Waals surface area contributed by atoms with Crippen LogP contribution in [0.2, 0.25) is 0 Å². The molecule has 0 bridgehead atoms. The number of ether oxygens (including phenoxy) is 1. The van der Waals surface area contributed by atoms with Crippen LogP contribution in [0.1, 0.15) is 25.5 Å². The van der Waals surface area contributed by atoms with Gasteiger partial charge in [0.2, 0.25) is 5.91 Å². The number of nitrogens with one attached hydrogen (secondary N) is 1. The van der Waals surface area contributed by atoms with Crippen LogP contribution in [-0.4, -0.2) is 43.6 Å². The summed E-state index contributed by atoms with van der Waals surface area (Å²) in [5, 5.41) is 3.03. The first-order valence-electron chi connectivity index (χ1n) is 7.35. The number of morpholine rings is 1. The highest BCUT2D eigenvalue weighted by Crippen LogP contribution is 2.26. The zero-order valence-corrected chi connectivity index (χ0v) is 14.0. The summed E-state index contributed by atoms with van der Waals surface area (Å²) >= 11 is 0. The first-order chi connectivity index (χ1) is 10.0. The monoisotopic (exact) mass is 330 g/mol. The number of hydrogen-bond acceptors (Lipinski definition) is 3. The molecule has 0 radical (unpaired) electrons. The van der Waals surface area contributed by atoms with Gasteiger partial charge in [0, 0.05) is 19.0 Å². The standard InChI is InChI=1S/C16H23FN2O2.ClH/c1-11(8-18-3)16(20)19-9-12(2)21-15(10-19)13-4-6-14(17)7-5-13;/h4-7,11-12,15,18H,8-10H2,1-3H3;1H. The van der Waals surface area contributed by atoms with E-state index in [2.05, 4.69) is 5.32 Å². The fourth-order valence-electron chi connectivity index (χ4n) is 2.70. The number of rotatable bonds is 4. The first kappa shape index (κ1) is 18.9. The summed E-state index contributed by atoms with van der Waals surface area (Å²) in [6.07, 6.45) is -0.223. The fraction of sp³-hybridized carbons (Fsp3) is 0.562. The fourth-order valence-corrected chi connectivity index (χ4v) is 2.70. The Morgan fingerprint density at radius 2 is 2.05 bits per heavy atom. The maximum Gasteiger partial charge on any atom is 0.226 e. The molecular weight excluding hydrogens is 307 g/mol. The van der Waals surface area contributed by atoms with Crippen molar-refractivity contribution in [1.82, 2.24) is 10.2 Å². The van der Waals surface area contributed by atoms with E-state index >= 15 is 0 Å². The lowest BCUT2D eigenvalue weighted by molar-refractivity contribution is -0.148. The van der Waals surface area contributed by atoms with Gasteiger partial charge in [0.25, 0.3) is 0 Å². The molecule has 3 atom stereocenters. The van der Waals surface area contributed by atoms with Crippen LogP contribution in [0, 0.1) is 11.7 Å². The number of carbonyl (C=O) groups is 1. The molecule has 0 aromatic heterocycles. The minimum absolute atomic E-state index is 0. The van der Waals surface area contributed by atoms with Crippen LogP contribution < -0.4 is 5.32 Å². The van der Waals surface area contributed by atoms with Gasteiger partial charge in [0.05, 0.1) is 12.6 Å². The molecule has 1 saturated heterocycles. The van der Waals surface area contributed by atoms with Crippen LogP contribution in [0.25, 0.3) is 0 Å². The molecule has 1 aromatic carbocycles. The second kappa shape index (κ2) is 8.46. The molecular formula is C16H24ClFN2O2. The van der Waals surface area contributed by atoms with Gasteiger partial charge in [-0.3, -0.25) is 4.79 Å². The van der Waals surface area contributed by atoms with Crippen molar-refractivity contribution in [3.63, 3.8) is 0 Å². The van der Waals surface area contributed by atoms with E-state index in [1.807, 2.05) is 25.8 Å². The summed E-state index contributed by atoms with van der Waals surface area (Å²) in [5.41, 5.74) is 0.905. The molecule has 22 heavy (non-hydrogen) atoms. The molecule has 0 aliphatic carbocycles. The largest absolute Gasteiger partial charge is 0.367 e. The minimum atomic E-state index is -0.266. The third-order valence-electron chi connectivity index (χ3n) is 3.75. The Balaban J connectivity index is 0.00000242. The summed E-state index contributed by atoms with van der Waals surface area (Å²) in [4.78, 5) is 14.3. The van der Waals surface area contributed by atoms with Gasteiger partial charge >= 0.3 is 0 Å². The van der Waals surface area contributed by atoms with Gasteiger partial charge in [-0.05, 0) is 31.7 Å². The Bertz CT molecular complexity index is 484. The predicted octanol–water partition coefficient (Wildman–Crippen LogP) is 2.39. The van der Waals surface area contributed by atoms with Crippen LogP contribution in [0.5, 0.6) is 0 Å². The molecule has 2 rings (SSSR count). The Morgan fingerprint density at radius 1 is 1.41 bits per heavy atom. The second-order valence-electron chi connectivity index (χ2n) is 5.69. The van der Waals surface area contributed by atoms with Gasteiger partial charge in [-0.25, -0.2) is 4.39 Å². The van der Waals surface area contributed by atoms with E-state index in [4.69, 9.17) is 4.74 Å². The van der Waals surface area contributed by atoms with E-state index in [9.17, 15) is 9.18 Å². The molecule has 1 aliphatic rings. The van der Waals surface area contributed by atoms with Crippen molar-refractivity contribution >= 4 is 18.3 Å². The normalized spacial score (nSPS) is 22.8. The van der Waals surface area contributed by atoms with Crippen LogP contribution in [-0.2, 0) is 9.53 Å². The van der Waals surface area contributed by atoms with Gasteiger partial charge in [-0.15, -0.1) is 12.4 Å². The minimum Gasteiger partial charge on any atom is -0.367 e. The summed E-state index contributed by atoms with van der Waals surface area (Å²) in [6, 6.07) is 6.29. The first-order valence-corrected chi connectivity index (χ1v) is 7.35. The zero-order valence-electron chi connectivity index (χ0n) is 13.2. The highest BCUT2D eigenvalue weighted by atomic mass is 35.5. The predicted molar refractivity (Wildman–Crippen MR) is 86.6 cm³/mol. The Morgan fingerprint density at radius 3 is 2.64 bits per heavy atom. The van der Waals surface area contributed by atoms with Crippen molar-refractivity contribution in [1.29, 1.82) is 0 Å². The average Bonchev–Trinajstić information content (AvgIpc) is 2.46. The molecule has 0 saturated carbocycles. The maximum atomic E-state index is 13.0. The average molecular weight is 331 g/mol. The third-order valence-corrected chi connectivity index (χ3v) is 3.75. The van der Waals surface area contributed by atoms with Crippen molar-refractivity contribution in [3.8, 4) is 0 Å². The van der Waals surface area contributed by atoms with Gasteiger partial charge in [0.1, 0.15) is 11.9 Å². The molecule has 0 spiro atoms. The molecule has 124 valence electrons. The summed E-state index contributed by atoms with van der Waals surface area (Å²) in [6.45, 7) is 5.66. The number of nitrogens with zero attached hydrogens (tertiary/aromatic N) is 1. The molecule has 1 amide bonds. The molecule has 1 aromatic rings. The quantitative estimate of drug-likeness (QED) is 0.921. The Kier molecular flexibility index (Phi) is 7.26. The summed E-state index contributed by atoms with van der Waals surface area (Å²) < 4.78 is 18.9. The van der Waals surface area contributed by atoms with Gasteiger partial charge < -0.3 is 15.0 Å². The van der Waals surface area contributed by atoms with E-state index in [0.29, 0.717) is 19.6 Å². The lowest BCUT2D eigenvalue weighted by atomic mass is 10.0. The SMILES string of the molecule is CNCC(C)C(=O)N1CC(C)OC(c2ccc(F)cc2)C1.Cl. The topological polar surface area (TPSA) is 41.6 Å². The Labute approximate surface area is 137 Å². The van der Waals surface area contributed by atoms with E-state index < -0.39 is 0 Å². The van der Waals surface area contributed by atoms with E-state index in [-0.39, 0.29) is 42.3 Å². The van der Waals surface area contributed by atoms with Gasteiger partial charge in [0.15, 0.2) is 0 Å². The Hall–Kier alpha value is -1.17. The number of benzene rings is 1. The summed E-state index contributed by atoms with van der Waals surface area (Å²) in [7, 11) is 1.84.